The van der Waals surface area contributed by atoms with Gasteiger partial charge >= 0.3 is 11.9 Å². The molecule has 10 nitrogen and oxygen atoms in total. The zero-order chi connectivity index (χ0) is 30.6. The van der Waals surface area contributed by atoms with Crippen LogP contribution >= 0.6 is 0 Å². The lowest BCUT2D eigenvalue weighted by Gasteiger charge is -2.34. The van der Waals surface area contributed by atoms with Crippen molar-refractivity contribution in [3.05, 3.63) is 78.6 Å². The van der Waals surface area contributed by atoms with Crippen LogP contribution in [0.15, 0.2) is 72.9 Å². The van der Waals surface area contributed by atoms with Crippen LogP contribution < -0.4 is 18.9 Å². The summed E-state index contributed by atoms with van der Waals surface area (Å²) in [7, 11) is 1.42. The highest BCUT2D eigenvalue weighted by Crippen LogP contribution is 2.33. The summed E-state index contributed by atoms with van der Waals surface area (Å²) in [6, 6.07) is 20.3. The first-order valence-corrected chi connectivity index (χ1v) is 14.3. The number of nitrogens with zero attached hydrogens (tertiary/aromatic N) is 1. The van der Waals surface area contributed by atoms with Gasteiger partial charge in [-0.3, -0.25) is 14.4 Å². The van der Waals surface area contributed by atoms with Crippen LogP contribution in [-0.2, 0) is 19.1 Å². The molecule has 0 radical (unpaired) electrons. The Morgan fingerprint density at radius 1 is 0.930 bits per heavy atom. The van der Waals surface area contributed by atoms with Gasteiger partial charge in [0.1, 0.15) is 23.7 Å². The van der Waals surface area contributed by atoms with E-state index < -0.39 is 42.6 Å². The number of pyridine rings is 1. The summed E-state index contributed by atoms with van der Waals surface area (Å²) >= 11 is 0. The summed E-state index contributed by atoms with van der Waals surface area (Å²) in [4.78, 5) is 42.4. The fourth-order valence-electron chi connectivity index (χ4n) is 4.90. The maximum absolute atomic E-state index is 13.5. The molecule has 1 fully saturated rings. The van der Waals surface area contributed by atoms with E-state index in [4.69, 9.17) is 28.4 Å². The third kappa shape index (κ3) is 8.94. The first kappa shape index (κ1) is 31.3. The van der Waals surface area contributed by atoms with Gasteiger partial charge in [0, 0.05) is 25.6 Å². The van der Waals surface area contributed by atoms with E-state index in [-0.39, 0.29) is 29.7 Å². The standard InChI is InChI=1S/C33H37NO9/c1-22-31(43-26-15-8-5-9-16-26)29(42-25-13-6-4-7-14-25)17-11-10-12-24(33(37)41-22)20-27(36)30-32(40-21-39-23(2)35)28(38-3)18-19-34-30/h4-9,13-16,18-19,22,24,29,31H,10-12,17,20-21H2,1-3H3/t22-,24+,29-,31-/m0/s1. The van der Waals surface area contributed by atoms with Gasteiger partial charge in [0.15, 0.2) is 29.1 Å². The number of methoxy groups -OCH3 is 1. The van der Waals surface area contributed by atoms with Crippen molar-refractivity contribution in [2.45, 2.75) is 64.3 Å². The monoisotopic (exact) mass is 591 g/mol. The van der Waals surface area contributed by atoms with Crippen molar-refractivity contribution in [1.82, 2.24) is 4.98 Å². The molecule has 0 saturated carbocycles. The summed E-state index contributed by atoms with van der Waals surface area (Å²) in [6.07, 6.45) is 2.08. The lowest BCUT2D eigenvalue weighted by molar-refractivity contribution is -0.161. The molecular weight excluding hydrogens is 554 g/mol. The van der Waals surface area contributed by atoms with E-state index in [9.17, 15) is 14.4 Å². The van der Waals surface area contributed by atoms with Crippen LogP contribution in [0.1, 0.15) is 56.4 Å². The van der Waals surface area contributed by atoms with Crippen molar-refractivity contribution in [2.24, 2.45) is 5.92 Å². The number of hydrogen-bond donors (Lipinski definition) is 0. The average Bonchev–Trinajstić information content (AvgIpc) is 3.01. The molecule has 2 heterocycles. The molecule has 0 amide bonds. The van der Waals surface area contributed by atoms with E-state index in [2.05, 4.69) is 4.98 Å². The molecule has 1 aliphatic heterocycles. The van der Waals surface area contributed by atoms with Gasteiger partial charge in [0.25, 0.3) is 0 Å². The second-order valence-corrected chi connectivity index (χ2v) is 10.2. The minimum absolute atomic E-state index is 0.0222. The van der Waals surface area contributed by atoms with E-state index in [0.717, 1.165) is 6.42 Å². The fraction of sp³-hybridized carbons (Fsp3) is 0.394. The number of benzene rings is 2. The second kappa shape index (κ2) is 15.6. The van der Waals surface area contributed by atoms with Crippen LogP contribution in [-0.4, -0.2) is 54.9 Å². The molecule has 0 unspecified atom stereocenters. The van der Waals surface area contributed by atoms with Crippen molar-refractivity contribution >= 4 is 17.7 Å². The van der Waals surface area contributed by atoms with Crippen molar-refractivity contribution in [1.29, 1.82) is 0 Å². The molecule has 0 N–H and O–H groups in total. The fourth-order valence-corrected chi connectivity index (χ4v) is 4.90. The van der Waals surface area contributed by atoms with Crippen LogP contribution in [0.3, 0.4) is 0 Å². The minimum atomic E-state index is -0.715. The molecule has 43 heavy (non-hydrogen) atoms. The van der Waals surface area contributed by atoms with Gasteiger partial charge in [-0.15, -0.1) is 0 Å². The van der Waals surface area contributed by atoms with E-state index in [1.807, 2.05) is 60.7 Å². The number of esters is 2. The van der Waals surface area contributed by atoms with Gasteiger partial charge in [0.2, 0.25) is 6.79 Å². The number of rotatable bonds is 11. The summed E-state index contributed by atoms with van der Waals surface area (Å²) in [6.45, 7) is 2.60. The third-order valence-corrected chi connectivity index (χ3v) is 7.05. The first-order valence-electron chi connectivity index (χ1n) is 14.3. The molecule has 0 bridgehead atoms. The van der Waals surface area contributed by atoms with Crippen LogP contribution in [0.4, 0.5) is 0 Å². The lowest BCUT2D eigenvalue weighted by Crippen LogP contribution is -2.47. The van der Waals surface area contributed by atoms with Crippen molar-refractivity contribution < 1.29 is 42.8 Å². The number of hydrogen-bond acceptors (Lipinski definition) is 10. The maximum Gasteiger partial charge on any atom is 0.309 e. The molecule has 3 aromatic rings. The Hall–Kier alpha value is -4.60. The SMILES string of the molecule is COc1ccnc(C(=O)C[C@H]2CCCC[C@H](Oc3ccccc3)[C@@H](Oc3ccccc3)[C@H](C)OC2=O)c1OCOC(C)=O. The number of carbonyl (C=O) groups excluding carboxylic acids is 3. The van der Waals surface area contributed by atoms with Gasteiger partial charge < -0.3 is 28.4 Å². The van der Waals surface area contributed by atoms with E-state index in [1.54, 1.807) is 6.92 Å². The molecular formula is C33H37NO9. The Balaban J connectivity index is 1.53. The highest BCUT2D eigenvalue weighted by Gasteiger charge is 2.37. The minimum Gasteiger partial charge on any atom is -0.493 e. The van der Waals surface area contributed by atoms with Crippen molar-refractivity contribution in [2.75, 3.05) is 13.9 Å². The number of Topliss-reactive ketones (excluding diaryl/α,β-unsaturated/α-hetero) is 1. The molecule has 1 aromatic heterocycles. The first-order chi connectivity index (χ1) is 20.9. The molecule has 4 rings (SSSR count). The zero-order valence-corrected chi connectivity index (χ0v) is 24.6. The Kier molecular flexibility index (Phi) is 11.4. The summed E-state index contributed by atoms with van der Waals surface area (Å²) in [5.41, 5.74) is -0.0222. The van der Waals surface area contributed by atoms with Gasteiger partial charge in [-0.2, -0.15) is 0 Å². The van der Waals surface area contributed by atoms with Crippen molar-refractivity contribution in [3.63, 3.8) is 0 Å². The summed E-state index contributed by atoms with van der Waals surface area (Å²) in [5.74, 6) is -0.572. The molecule has 4 atom stereocenters. The summed E-state index contributed by atoms with van der Waals surface area (Å²) < 4.78 is 34.4. The van der Waals surface area contributed by atoms with Crippen molar-refractivity contribution in [3.8, 4) is 23.0 Å². The number of ketones is 1. The highest BCUT2D eigenvalue weighted by molar-refractivity contribution is 5.99. The normalized spacial score (nSPS) is 20.7. The quantitative estimate of drug-likeness (QED) is 0.159. The molecule has 0 aliphatic carbocycles. The Labute approximate surface area is 251 Å². The van der Waals surface area contributed by atoms with Gasteiger partial charge in [0.05, 0.1) is 13.0 Å². The van der Waals surface area contributed by atoms with Gasteiger partial charge in [-0.1, -0.05) is 42.8 Å². The van der Waals surface area contributed by atoms with E-state index in [1.165, 1.54) is 26.3 Å². The zero-order valence-electron chi connectivity index (χ0n) is 24.6. The Morgan fingerprint density at radius 2 is 1.58 bits per heavy atom. The summed E-state index contributed by atoms with van der Waals surface area (Å²) in [5, 5.41) is 0. The van der Waals surface area contributed by atoms with Crippen LogP contribution in [0, 0.1) is 5.92 Å². The maximum atomic E-state index is 13.5. The number of para-hydroxylation sites is 2. The van der Waals surface area contributed by atoms with Crippen LogP contribution in [0.25, 0.3) is 0 Å². The number of aromatic nitrogens is 1. The number of ether oxygens (including phenoxy) is 6. The van der Waals surface area contributed by atoms with E-state index >= 15 is 0 Å². The van der Waals surface area contributed by atoms with Crippen LogP contribution in [0.5, 0.6) is 23.0 Å². The third-order valence-electron chi connectivity index (χ3n) is 7.05. The lowest BCUT2D eigenvalue weighted by atomic mass is 9.92. The average molecular weight is 592 g/mol. The molecule has 1 saturated heterocycles. The second-order valence-electron chi connectivity index (χ2n) is 10.2. The molecule has 10 heteroatoms. The predicted octanol–water partition coefficient (Wildman–Crippen LogP) is 5.58. The number of carbonyl (C=O) groups is 3. The van der Waals surface area contributed by atoms with Crippen LogP contribution in [0.2, 0.25) is 0 Å². The number of cyclic esters (lactones) is 1. The van der Waals surface area contributed by atoms with E-state index in [0.29, 0.717) is 30.8 Å². The molecule has 1 aliphatic rings. The van der Waals surface area contributed by atoms with Gasteiger partial charge in [-0.25, -0.2) is 4.98 Å². The largest absolute Gasteiger partial charge is 0.493 e. The topological polar surface area (TPSA) is 119 Å². The predicted molar refractivity (Wildman–Crippen MR) is 156 cm³/mol. The molecule has 0 spiro atoms. The molecule has 2 aromatic carbocycles. The Morgan fingerprint density at radius 3 is 2.23 bits per heavy atom. The highest BCUT2D eigenvalue weighted by atomic mass is 16.7. The Bertz CT molecular complexity index is 1350. The molecule has 228 valence electrons. The smallest absolute Gasteiger partial charge is 0.309 e. The van der Waals surface area contributed by atoms with Gasteiger partial charge in [-0.05, 0) is 50.5 Å².